The van der Waals surface area contributed by atoms with Crippen LogP contribution in [-0.2, 0) is 57.5 Å². The minimum atomic E-state index is -4.51. The second-order valence-corrected chi connectivity index (χ2v) is 33.2. The van der Waals surface area contributed by atoms with Crippen molar-refractivity contribution in [2.24, 2.45) is 35.5 Å². The summed E-state index contributed by atoms with van der Waals surface area (Å²) in [7, 11) is 8.85. The number of carbonyl (C=O) groups is 12. The molecule has 4 heterocycles. The molecule has 8 aliphatic rings. The second kappa shape index (κ2) is 37.0. The van der Waals surface area contributed by atoms with Crippen LogP contribution in [0.15, 0.2) is 0 Å². The summed E-state index contributed by atoms with van der Waals surface area (Å²) in [5.41, 5.74) is -1.55. The minimum Gasteiger partial charge on any atom is -0.343 e. The van der Waals surface area contributed by atoms with Crippen LogP contribution in [0.1, 0.15) is 227 Å². The van der Waals surface area contributed by atoms with Gasteiger partial charge in [0.05, 0.1) is 18.9 Å². The topological polar surface area (TPSA) is 270 Å². The number of hydrogen-bond acceptors (Lipinski definition) is 12. The number of nitrogens with zero attached hydrogens (tertiary/aromatic N) is 9. The number of halogens is 4. The predicted octanol–water partition coefficient (Wildman–Crippen LogP) is 7.41. The lowest BCUT2D eigenvalue weighted by Crippen LogP contribution is -2.65. The molecule has 3 N–H and O–H groups in total. The van der Waals surface area contributed by atoms with Crippen molar-refractivity contribution in [2.75, 3.05) is 75.0 Å². The Balaban J connectivity index is 1.17. The number of hydrogen-bond donors (Lipinski definition) is 3. The summed E-state index contributed by atoms with van der Waals surface area (Å²) < 4.78 is 42.2. The van der Waals surface area contributed by atoms with Crippen LogP contribution in [0.5, 0.6) is 0 Å². The minimum absolute atomic E-state index is 0.00248. The first-order valence-corrected chi connectivity index (χ1v) is 39.7. The van der Waals surface area contributed by atoms with Crippen molar-refractivity contribution in [1.29, 1.82) is 0 Å². The van der Waals surface area contributed by atoms with Crippen molar-refractivity contribution < 1.29 is 70.7 Å². The molecule has 12 amide bonds. The average molecular weight is 1490 g/mol. The zero-order valence-electron chi connectivity index (χ0n) is 63.9. The molecule has 8 fully saturated rings. The highest BCUT2D eigenvalue weighted by molar-refractivity contribution is 6.21. The van der Waals surface area contributed by atoms with Gasteiger partial charge in [-0.3, -0.25) is 57.5 Å². The first kappa shape index (κ1) is 83.4. The van der Waals surface area contributed by atoms with Gasteiger partial charge in [-0.1, -0.05) is 111 Å². The lowest BCUT2D eigenvalue weighted by Gasteiger charge is -2.45. The van der Waals surface area contributed by atoms with Crippen LogP contribution in [0, 0.1) is 35.5 Å². The summed E-state index contributed by atoms with van der Waals surface area (Å²) in [6, 6.07) is -10.7. The van der Waals surface area contributed by atoms with Gasteiger partial charge in [0.1, 0.15) is 59.9 Å². The van der Waals surface area contributed by atoms with Crippen LogP contribution < -0.4 is 16.0 Å². The number of piperidine rings is 1. The zero-order chi connectivity index (χ0) is 76.2. The Morgan fingerprint density at radius 3 is 1.70 bits per heavy atom. The Bertz CT molecular complexity index is 3050. The largest absolute Gasteiger partial charge is 0.393 e. The summed E-state index contributed by atoms with van der Waals surface area (Å²) in [5, 5.41) is 7.73. The third kappa shape index (κ3) is 20.1. The molecule has 4 saturated carbocycles. The smallest absolute Gasteiger partial charge is 0.343 e. The summed E-state index contributed by atoms with van der Waals surface area (Å²) in [6.07, 6.45) is 9.34. The van der Waals surface area contributed by atoms with Gasteiger partial charge in [0.2, 0.25) is 70.9 Å². The van der Waals surface area contributed by atoms with Gasteiger partial charge in [0, 0.05) is 73.8 Å². The third-order valence-electron chi connectivity index (χ3n) is 25.0. The highest BCUT2D eigenvalue weighted by Crippen LogP contribution is 2.44. The Kier molecular flexibility index (Phi) is 29.7. The molecule has 586 valence electrons. The van der Waals surface area contributed by atoms with E-state index in [1.54, 1.807) is 11.8 Å². The van der Waals surface area contributed by atoms with E-state index in [4.69, 9.17) is 11.6 Å². The van der Waals surface area contributed by atoms with E-state index in [1.165, 1.54) is 88.4 Å². The van der Waals surface area contributed by atoms with Crippen LogP contribution in [0.3, 0.4) is 0 Å². The van der Waals surface area contributed by atoms with Crippen molar-refractivity contribution in [3.63, 3.8) is 0 Å². The van der Waals surface area contributed by atoms with Crippen LogP contribution in [0.2, 0.25) is 0 Å². The Hall–Kier alpha value is -6.28. The van der Waals surface area contributed by atoms with E-state index in [1.807, 2.05) is 20.8 Å². The molecule has 4 aliphatic carbocycles. The van der Waals surface area contributed by atoms with Gasteiger partial charge in [-0.25, -0.2) is 0 Å². The molecule has 24 nitrogen and oxygen atoms in total. The predicted molar refractivity (Wildman–Crippen MR) is 386 cm³/mol. The fraction of sp³-hybridized carbons (Fsp3) is 0.842. The molecule has 0 aromatic heterocycles. The molecule has 28 heteroatoms. The number of rotatable bonds is 12. The molecule has 4 saturated heterocycles. The fourth-order valence-electron chi connectivity index (χ4n) is 17.8. The van der Waals surface area contributed by atoms with Crippen molar-refractivity contribution in [3.05, 3.63) is 0 Å². The van der Waals surface area contributed by atoms with Gasteiger partial charge in [0.25, 0.3) is 0 Å². The van der Waals surface area contributed by atoms with E-state index in [-0.39, 0.29) is 114 Å². The van der Waals surface area contributed by atoms with Crippen molar-refractivity contribution in [2.45, 2.75) is 299 Å². The normalized spacial score (nSPS) is 31.3. The molecule has 0 bridgehead atoms. The van der Waals surface area contributed by atoms with E-state index in [2.05, 4.69) is 16.0 Å². The maximum absolute atomic E-state index is 15.8. The fourth-order valence-corrected chi connectivity index (χ4v) is 18.3. The number of fused-ring (bicyclic) bond motifs is 2. The van der Waals surface area contributed by atoms with E-state index in [9.17, 15) is 32.3 Å². The standard InChI is InChI=1S/C76H122ClF3N12O12/c1-12-48(4)64-73(103)85(7)49(5)67(97)92-40-34-57(92)70(100)87(9)59(43-50-25-16-13-17-26-50)69(99)84(6)46-62(93)81-55(33-31-52-30-32-53(54(77)42-52)76(78,79)80)68(98)91-39-24-29-56(91)66(96)83-75(35-20-21-36-75)74(104)89(11)60(44-51-27-18-14-19-28-51)71(101)88(10)61(72(102)90-37-22-15-23-38-90)45-63(94)86(8)58(41-47(2)3)65(95)82-64/h47-61,64H,12-46H2,1-11H3,(H,81,93)(H,82,95)(H,83,96)/t48-,49-,52?,53?,54?,55-,56-,57-,58-,59-,60-,61-,64-/m0/s1. The van der Waals surface area contributed by atoms with Gasteiger partial charge in [0.15, 0.2) is 0 Å². The molecule has 8 rings (SSSR count). The second-order valence-electron chi connectivity index (χ2n) is 32.6. The number of likely N-dealkylation sites (tertiary alicyclic amines) is 1. The number of carbonyl (C=O) groups excluding carboxylic acids is 12. The summed E-state index contributed by atoms with van der Waals surface area (Å²) in [5.74, 6) is -9.85. The van der Waals surface area contributed by atoms with Crippen molar-refractivity contribution in [1.82, 2.24) is 60.0 Å². The van der Waals surface area contributed by atoms with E-state index in [0.29, 0.717) is 51.6 Å². The van der Waals surface area contributed by atoms with E-state index < -0.39 is 167 Å². The zero-order valence-corrected chi connectivity index (χ0v) is 64.7. The van der Waals surface area contributed by atoms with Gasteiger partial charge in [-0.05, 0) is 139 Å². The van der Waals surface area contributed by atoms with Gasteiger partial charge >= 0.3 is 6.18 Å². The van der Waals surface area contributed by atoms with Gasteiger partial charge in [-0.2, -0.15) is 13.2 Å². The molecule has 3 unspecified atom stereocenters. The number of alkyl halides is 4. The molecule has 1 spiro atoms. The molecule has 0 radical (unpaired) electrons. The Morgan fingerprint density at radius 1 is 0.558 bits per heavy atom. The third-order valence-corrected chi connectivity index (χ3v) is 25.5. The van der Waals surface area contributed by atoms with Crippen LogP contribution in [0.25, 0.3) is 0 Å². The number of nitrogens with one attached hydrogen (secondary N) is 3. The molecule has 0 aromatic carbocycles. The SMILES string of the molecule is CC[C@H](C)[C@@H]1NC(=O)[C@H](CC(C)C)N(C)C(=O)C[C@@H](C(=O)N2CCCCC2)N(C)C(=O)[C@H](CC2CCCCC2)N(C)C(=O)C2(CCCC2)NC(=O)[C@@H]2CCCN2C(=O)[C@H](CCC2CCC(C(F)(F)F)C(Cl)C2)NC(=O)CN(C)C(=O)[C@H](CC2CCCCC2)N(C)C(=O)[C@@H]2CCN2C(=O)[C@H](C)N(C)C1=O. The van der Waals surface area contributed by atoms with E-state index >= 15 is 38.4 Å². The molecular formula is C76H122ClF3N12O12. The summed E-state index contributed by atoms with van der Waals surface area (Å²) >= 11 is 6.43. The number of amides is 12. The average Bonchev–Trinajstić information content (AvgIpc) is 1.11. The molecule has 4 aliphatic heterocycles. The Morgan fingerprint density at radius 2 is 1.14 bits per heavy atom. The monoisotopic (exact) mass is 1490 g/mol. The first-order valence-electron chi connectivity index (χ1n) is 39.3. The van der Waals surface area contributed by atoms with Crippen molar-refractivity contribution in [3.8, 4) is 0 Å². The summed E-state index contributed by atoms with van der Waals surface area (Å²) in [4.78, 5) is 194. The van der Waals surface area contributed by atoms with Gasteiger partial charge in [-0.15, -0.1) is 11.6 Å². The maximum atomic E-state index is 15.8. The lowest BCUT2D eigenvalue weighted by atomic mass is 9.78. The molecule has 0 aromatic rings. The highest BCUT2D eigenvalue weighted by atomic mass is 35.5. The van der Waals surface area contributed by atoms with Crippen LogP contribution in [0.4, 0.5) is 13.2 Å². The van der Waals surface area contributed by atoms with Gasteiger partial charge < -0.3 is 60.0 Å². The quantitative estimate of drug-likeness (QED) is 0.161. The molecular weight excluding hydrogens is 1370 g/mol. The molecule has 104 heavy (non-hydrogen) atoms. The van der Waals surface area contributed by atoms with Crippen molar-refractivity contribution >= 4 is 82.5 Å². The van der Waals surface area contributed by atoms with Crippen LogP contribution >= 0.6 is 11.6 Å². The summed E-state index contributed by atoms with van der Waals surface area (Å²) in [6.45, 7) is 9.38. The number of likely N-dealkylation sites (N-methyl/N-ethyl adjacent to an activating group) is 6. The maximum Gasteiger partial charge on any atom is 0.393 e. The van der Waals surface area contributed by atoms with Crippen LogP contribution in [-0.4, -0.2) is 261 Å². The lowest BCUT2D eigenvalue weighted by molar-refractivity contribution is -0.182. The Labute approximate surface area is 619 Å². The first-order chi connectivity index (χ1) is 49.2. The molecule has 13 atom stereocenters. The van der Waals surface area contributed by atoms with E-state index in [0.717, 1.165) is 70.6 Å². The highest BCUT2D eigenvalue weighted by Gasteiger charge is 2.52.